The van der Waals surface area contributed by atoms with E-state index < -0.39 is 0 Å². The van der Waals surface area contributed by atoms with Crippen molar-refractivity contribution in [2.45, 2.75) is 32.2 Å². The summed E-state index contributed by atoms with van der Waals surface area (Å²) in [7, 11) is 0. The first kappa shape index (κ1) is 9.69. The molecular formula is C10H14BrNS. The van der Waals surface area contributed by atoms with Gasteiger partial charge in [-0.05, 0) is 46.7 Å². The molecule has 2 N–H and O–H groups in total. The fourth-order valence-electron chi connectivity index (χ4n) is 1.49. The van der Waals surface area contributed by atoms with Gasteiger partial charge in [0.05, 0.1) is 0 Å². The van der Waals surface area contributed by atoms with Crippen molar-refractivity contribution in [3.05, 3.63) is 20.8 Å². The van der Waals surface area contributed by atoms with E-state index in [4.69, 9.17) is 5.73 Å². The van der Waals surface area contributed by atoms with Gasteiger partial charge in [-0.25, -0.2) is 0 Å². The molecule has 1 fully saturated rings. The molecule has 3 heteroatoms. The first-order chi connectivity index (χ1) is 6.10. The fourth-order valence-corrected chi connectivity index (χ4v) is 3.00. The molecule has 1 nitrogen and oxygen atoms in total. The lowest BCUT2D eigenvalue weighted by Gasteiger charge is -2.17. The predicted octanol–water partition coefficient (Wildman–Crippen LogP) is 3.18. The highest BCUT2D eigenvalue weighted by atomic mass is 79.9. The third kappa shape index (κ3) is 2.14. The van der Waals surface area contributed by atoms with E-state index >= 15 is 0 Å². The summed E-state index contributed by atoms with van der Waals surface area (Å²) in [5.41, 5.74) is 6.59. The van der Waals surface area contributed by atoms with Crippen molar-refractivity contribution in [2.24, 2.45) is 11.1 Å². The topological polar surface area (TPSA) is 26.0 Å². The van der Waals surface area contributed by atoms with Gasteiger partial charge in [-0.15, -0.1) is 11.3 Å². The van der Waals surface area contributed by atoms with E-state index in [-0.39, 0.29) is 0 Å². The van der Waals surface area contributed by atoms with Crippen molar-refractivity contribution in [3.63, 3.8) is 0 Å². The Hall–Kier alpha value is 0.140. The summed E-state index contributed by atoms with van der Waals surface area (Å²) in [5, 5.41) is 2.12. The molecule has 0 spiro atoms. The van der Waals surface area contributed by atoms with Crippen LogP contribution in [0.2, 0.25) is 0 Å². The summed E-state index contributed by atoms with van der Waals surface area (Å²) >= 11 is 5.25. The zero-order valence-corrected chi connectivity index (χ0v) is 10.1. The number of hydrogen-bond acceptors (Lipinski definition) is 2. The SMILES string of the molecule is CC1(C(N)Cc2cc(Br)cs2)CC1. The highest BCUT2D eigenvalue weighted by molar-refractivity contribution is 9.10. The van der Waals surface area contributed by atoms with E-state index in [0.29, 0.717) is 11.5 Å². The van der Waals surface area contributed by atoms with Gasteiger partial charge in [0.1, 0.15) is 0 Å². The maximum atomic E-state index is 6.15. The van der Waals surface area contributed by atoms with Crippen LogP contribution < -0.4 is 5.73 Å². The third-order valence-corrected chi connectivity index (χ3v) is 4.70. The number of nitrogens with two attached hydrogens (primary N) is 1. The van der Waals surface area contributed by atoms with Gasteiger partial charge in [-0.3, -0.25) is 0 Å². The summed E-state index contributed by atoms with van der Waals surface area (Å²) < 4.78 is 1.18. The molecule has 0 amide bonds. The smallest absolute Gasteiger partial charge is 0.0285 e. The summed E-state index contributed by atoms with van der Waals surface area (Å²) in [5.74, 6) is 0. The number of thiophene rings is 1. The average Bonchev–Trinajstić information content (AvgIpc) is 2.69. The van der Waals surface area contributed by atoms with Gasteiger partial charge in [0, 0.05) is 20.8 Å². The normalized spacial score (nSPS) is 21.5. The molecule has 1 aromatic heterocycles. The highest BCUT2D eigenvalue weighted by Crippen LogP contribution is 2.48. The summed E-state index contributed by atoms with van der Waals surface area (Å²) in [6.45, 7) is 2.29. The van der Waals surface area contributed by atoms with Crippen LogP contribution in [0.15, 0.2) is 15.9 Å². The lowest BCUT2D eigenvalue weighted by Crippen LogP contribution is -2.31. The standard InChI is InChI=1S/C10H14BrNS/c1-10(2-3-10)9(12)5-8-4-7(11)6-13-8/h4,6,9H,2-3,5,12H2,1H3. The maximum absolute atomic E-state index is 6.15. The van der Waals surface area contributed by atoms with Crippen LogP contribution in [0.4, 0.5) is 0 Å². The molecular weight excluding hydrogens is 246 g/mol. The largest absolute Gasteiger partial charge is 0.327 e. The number of halogens is 1. The molecule has 2 rings (SSSR count). The van der Waals surface area contributed by atoms with Crippen LogP contribution in [-0.4, -0.2) is 6.04 Å². The summed E-state index contributed by atoms with van der Waals surface area (Å²) in [4.78, 5) is 1.40. The second-order valence-electron chi connectivity index (χ2n) is 4.20. The quantitative estimate of drug-likeness (QED) is 0.887. The monoisotopic (exact) mass is 259 g/mol. The Labute approximate surface area is 91.5 Å². The van der Waals surface area contributed by atoms with Crippen LogP contribution in [-0.2, 0) is 6.42 Å². The highest BCUT2D eigenvalue weighted by Gasteiger charge is 2.42. The lowest BCUT2D eigenvalue weighted by atomic mass is 9.96. The fraction of sp³-hybridized carbons (Fsp3) is 0.600. The minimum Gasteiger partial charge on any atom is -0.327 e. The van der Waals surface area contributed by atoms with E-state index in [1.54, 1.807) is 11.3 Å². The van der Waals surface area contributed by atoms with E-state index in [1.807, 2.05) is 0 Å². The second kappa shape index (κ2) is 3.37. The summed E-state index contributed by atoms with van der Waals surface area (Å²) in [6.07, 6.45) is 3.65. The molecule has 0 aromatic carbocycles. The van der Waals surface area contributed by atoms with Crippen molar-refractivity contribution < 1.29 is 0 Å². The summed E-state index contributed by atoms with van der Waals surface area (Å²) in [6, 6.07) is 2.52. The van der Waals surface area contributed by atoms with Crippen LogP contribution in [0, 0.1) is 5.41 Å². The van der Waals surface area contributed by atoms with Gasteiger partial charge in [0.25, 0.3) is 0 Å². The predicted molar refractivity (Wildman–Crippen MR) is 61.0 cm³/mol. The van der Waals surface area contributed by atoms with Crippen molar-refractivity contribution in [1.29, 1.82) is 0 Å². The van der Waals surface area contributed by atoms with E-state index in [0.717, 1.165) is 6.42 Å². The molecule has 0 radical (unpaired) electrons. The van der Waals surface area contributed by atoms with Gasteiger partial charge in [-0.1, -0.05) is 6.92 Å². The van der Waals surface area contributed by atoms with Crippen molar-refractivity contribution >= 4 is 27.3 Å². The van der Waals surface area contributed by atoms with Gasteiger partial charge in [0.15, 0.2) is 0 Å². The Morgan fingerprint density at radius 1 is 1.69 bits per heavy atom. The Morgan fingerprint density at radius 3 is 2.85 bits per heavy atom. The third-order valence-electron chi connectivity index (χ3n) is 2.98. The molecule has 0 saturated heterocycles. The van der Waals surface area contributed by atoms with Crippen LogP contribution in [0.3, 0.4) is 0 Å². The lowest BCUT2D eigenvalue weighted by molar-refractivity contribution is 0.435. The molecule has 1 heterocycles. The van der Waals surface area contributed by atoms with Gasteiger partial charge >= 0.3 is 0 Å². The van der Waals surface area contributed by atoms with Gasteiger partial charge < -0.3 is 5.73 Å². The molecule has 0 aliphatic heterocycles. The molecule has 0 bridgehead atoms. The minimum absolute atomic E-state index is 0.345. The van der Waals surface area contributed by atoms with Crippen molar-refractivity contribution in [3.8, 4) is 0 Å². The Bertz CT molecular complexity index is 304. The van der Waals surface area contributed by atoms with Crippen LogP contribution >= 0.6 is 27.3 Å². The molecule has 1 aliphatic carbocycles. The Kier molecular flexibility index (Phi) is 2.51. The molecule has 1 aliphatic rings. The molecule has 1 atom stereocenters. The number of rotatable bonds is 3. The second-order valence-corrected chi connectivity index (χ2v) is 6.11. The molecule has 1 saturated carbocycles. The van der Waals surface area contributed by atoms with Crippen LogP contribution in [0.1, 0.15) is 24.6 Å². The first-order valence-corrected chi connectivity index (χ1v) is 6.26. The Balaban J connectivity index is 1.98. The minimum atomic E-state index is 0.345. The zero-order valence-electron chi connectivity index (χ0n) is 7.72. The van der Waals surface area contributed by atoms with Gasteiger partial charge in [-0.2, -0.15) is 0 Å². The van der Waals surface area contributed by atoms with Crippen LogP contribution in [0.5, 0.6) is 0 Å². The number of hydrogen-bond donors (Lipinski definition) is 1. The first-order valence-electron chi connectivity index (χ1n) is 4.59. The molecule has 1 unspecified atom stereocenters. The van der Waals surface area contributed by atoms with E-state index in [2.05, 4.69) is 34.3 Å². The molecule has 72 valence electrons. The maximum Gasteiger partial charge on any atom is 0.0285 e. The van der Waals surface area contributed by atoms with E-state index in [9.17, 15) is 0 Å². The van der Waals surface area contributed by atoms with Crippen molar-refractivity contribution in [1.82, 2.24) is 0 Å². The van der Waals surface area contributed by atoms with Crippen molar-refractivity contribution in [2.75, 3.05) is 0 Å². The van der Waals surface area contributed by atoms with Crippen LogP contribution in [0.25, 0.3) is 0 Å². The van der Waals surface area contributed by atoms with E-state index in [1.165, 1.54) is 22.2 Å². The Morgan fingerprint density at radius 2 is 2.38 bits per heavy atom. The average molecular weight is 260 g/mol. The molecule has 1 aromatic rings. The van der Waals surface area contributed by atoms with Gasteiger partial charge in [0.2, 0.25) is 0 Å². The molecule has 13 heavy (non-hydrogen) atoms. The zero-order chi connectivity index (χ0) is 9.47.